The number of methoxy groups -OCH3 is 1. The first-order valence-electron chi connectivity index (χ1n) is 8.38. The van der Waals surface area contributed by atoms with Crippen LogP contribution in [0.25, 0.3) is 0 Å². The van der Waals surface area contributed by atoms with Gasteiger partial charge in [-0.3, -0.25) is 14.5 Å². The number of primary amides is 1. The molecule has 0 unspecified atom stereocenters. The molecule has 0 radical (unpaired) electrons. The van der Waals surface area contributed by atoms with Gasteiger partial charge in [-0.2, -0.15) is 5.26 Å². The van der Waals surface area contributed by atoms with Crippen LogP contribution in [-0.4, -0.2) is 24.2 Å². The number of hydrogen-bond donors (Lipinski definition) is 1. The van der Waals surface area contributed by atoms with Crippen LogP contribution in [0.3, 0.4) is 0 Å². The third-order valence-corrected chi connectivity index (χ3v) is 6.24. The van der Waals surface area contributed by atoms with E-state index in [-0.39, 0.29) is 16.5 Å². The van der Waals surface area contributed by atoms with Gasteiger partial charge >= 0.3 is 0 Å². The van der Waals surface area contributed by atoms with Crippen LogP contribution in [-0.2, 0) is 16.0 Å². The molecule has 2 aromatic carbocycles. The summed E-state index contributed by atoms with van der Waals surface area (Å²) in [6.45, 7) is 0. The van der Waals surface area contributed by atoms with Crippen molar-refractivity contribution in [2.45, 2.75) is 11.7 Å². The number of nitrogens with zero attached hydrogens (tertiary/aromatic N) is 2. The zero-order valence-corrected chi connectivity index (χ0v) is 17.5. The molecule has 29 heavy (non-hydrogen) atoms. The highest BCUT2D eigenvalue weighted by Gasteiger charge is 2.40. The summed E-state index contributed by atoms with van der Waals surface area (Å²) in [7, 11) is 1.51. The Bertz CT molecular complexity index is 1070. The Hall–Kier alpha value is -2.66. The summed E-state index contributed by atoms with van der Waals surface area (Å²) in [5.41, 5.74) is 6.38. The molecule has 1 atom stereocenters. The van der Waals surface area contributed by atoms with E-state index in [9.17, 15) is 14.9 Å². The number of thioether (sulfide) groups is 1. The zero-order chi connectivity index (χ0) is 21.1. The maximum Gasteiger partial charge on any atom is 0.262 e. The van der Waals surface area contributed by atoms with E-state index in [1.807, 2.05) is 6.07 Å². The summed E-state index contributed by atoms with van der Waals surface area (Å²) >= 11 is 13.1. The molecule has 1 saturated heterocycles. The lowest BCUT2D eigenvalue weighted by atomic mass is 10.1. The molecule has 6 nitrogen and oxygen atoms in total. The number of carbonyl (C=O) groups excluding carboxylic acids is 2. The molecule has 0 bridgehead atoms. The largest absolute Gasteiger partial charge is 0.497 e. The van der Waals surface area contributed by atoms with Crippen molar-refractivity contribution >= 4 is 52.5 Å². The molecule has 3 rings (SSSR count). The van der Waals surface area contributed by atoms with Crippen LogP contribution in [0.1, 0.15) is 5.56 Å². The summed E-state index contributed by atoms with van der Waals surface area (Å²) in [6.07, 6.45) is 0.335. The molecular formula is C20H15Cl2N3O3S. The predicted octanol–water partition coefficient (Wildman–Crippen LogP) is 3.91. The van der Waals surface area contributed by atoms with Gasteiger partial charge in [0.05, 0.1) is 28.1 Å². The summed E-state index contributed by atoms with van der Waals surface area (Å²) in [5.74, 6) is -0.644. The first-order valence-corrected chi connectivity index (χ1v) is 10.0. The highest BCUT2D eigenvalue weighted by Crippen LogP contribution is 2.42. The van der Waals surface area contributed by atoms with Crippen molar-refractivity contribution in [3.05, 3.63) is 68.7 Å². The van der Waals surface area contributed by atoms with Crippen molar-refractivity contribution in [3.8, 4) is 11.8 Å². The number of rotatable bonds is 5. The predicted molar refractivity (Wildman–Crippen MR) is 114 cm³/mol. The van der Waals surface area contributed by atoms with E-state index in [4.69, 9.17) is 33.7 Å². The Morgan fingerprint density at radius 1 is 1.28 bits per heavy atom. The maximum absolute atomic E-state index is 13.2. The monoisotopic (exact) mass is 447 g/mol. The fourth-order valence-electron chi connectivity index (χ4n) is 2.86. The Morgan fingerprint density at radius 2 is 2.03 bits per heavy atom. The van der Waals surface area contributed by atoms with Crippen molar-refractivity contribution in [2.24, 2.45) is 5.73 Å². The van der Waals surface area contributed by atoms with E-state index in [0.717, 1.165) is 17.3 Å². The first-order chi connectivity index (χ1) is 13.8. The Kier molecular flexibility index (Phi) is 6.38. The number of ether oxygens (including phenoxy) is 1. The van der Waals surface area contributed by atoms with Gasteiger partial charge in [0.15, 0.2) is 0 Å². The van der Waals surface area contributed by atoms with Crippen LogP contribution in [0.4, 0.5) is 5.69 Å². The Morgan fingerprint density at radius 3 is 2.66 bits per heavy atom. The standard InChI is InChI=1S/C20H15Cl2N3O3S/c1-28-13-4-2-3-12(9-13)25-19(27)17(29-20(25)14(10-23)18(24)26)8-11-5-6-15(21)16(22)7-11/h2-7,9,17H,8H2,1H3,(H2,24,26)/b20-14-/t17-/m0/s1. The van der Waals surface area contributed by atoms with Crippen molar-refractivity contribution in [3.63, 3.8) is 0 Å². The van der Waals surface area contributed by atoms with E-state index in [1.165, 1.54) is 12.0 Å². The topological polar surface area (TPSA) is 96.4 Å². The molecule has 2 N–H and O–H groups in total. The second-order valence-electron chi connectivity index (χ2n) is 6.09. The van der Waals surface area contributed by atoms with Gasteiger partial charge in [-0.25, -0.2) is 0 Å². The third-order valence-electron chi connectivity index (χ3n) is 4.24. The van der Waals surface area contributed by atoms with E-state index in [1.54, 1.807) is 42.5 Å². The number of benzene rings is 2. The number of anilines is 1. The molecule has 1 aliphatic rings. The molecule has 0 spiro atoms. The molecule has 0 aromatic heterocycles. The molecule has 2 aromatic rings. The number of nitrogens with two attached hydrogens (primary N) is 1. The number of carbonyl (C=O) groups is 2. The van der Waals surface area contributed by atoms with Gasteiger partial charge in [0.2, 0.25) is 5.91 Å². The highest BCUT2D eigenvalue weighted by molar-refractivity contribution is 8.05. The maximum atomic E-state index is 13.2. The molecule has 2 amide bonds. The average Bonchev–Trinajstić information content (AvgIpc) is 3.01. The summed E-state index contributed by atoms with van der Waals surface area (Å²) in [6, 6.07) is 13.7. The minimum atomic E-state index is -0.897. The summed E-state index contributed by atoms with van der Waals surface area (Å²) in [5, 5.41) is 9.86. The SMILES string of the molecule is COc1cccc(N2C(=O)[C@H](Cc3ccc(Cl)c(Cl)c3)S/C2=C(/C#N)C(N)=O)c1. The molecule has 1 fully saturated rings. The van der Waals surface area contributed by atoms with Gasteiger partial charge in [0, 0.05) is 6.07 Å². The average molecular weight is 448 g/mol. The smallest absolute Gasteiger partial charge is 0.262 e. The number of halogens is 2. The van der Waals surface area contributed by atoms with Gasteiger partial charge < -0.3 is 10.5 Å². The lowest BCUT2D eigenvalue weighted by Crippen LogP contribution is -2.31. The Balaban J connectivity index is 2.04. The van der Waals surface area contributed by atoms with Crippen molar-refractivity contribution < 1.29 is 14.3 Å². The molecule has 148 valence electrons. The van der Waals surface area contributed by atoms with Gasteiger partial charge in [0.1, 0.15) is 22.4 Å². The van der Waals surface area contributed by atoms with Crippen molar-refractivity contribution in [2.75, 3.05) is 12.0 Å². The number of nitriles is 1. The molecular weight excluding hydrogens is 433 g/mol. The fraction of sp³-hybridized carbons (Fsp3) is 0.150. The van der Waals surface area contributed by atoms with Crippen LogP contribution in [0.15, 0.2) is 53.1 Å². The minimum absolute atomic E-state index is 0.198. The zero-order valence-electron chi connectivity index (χ0n) is 15.2. The van der Waals surface area contributed by atoms with Gasteiger partial charge in [-0.15, -0.1) is 0 Å². The minimum Gasteiger partial charge on any atom is -0.497 e. The summed E-state index contributed by atoms with van der Waals surface area (Å²) < 4.78 is 5.22. The molecule has 0 aliphatic carbocycles. The quantitative estimate of drug-likeness (QED) is 0.553. The highest BCUT2D eigenvalue weighted by atomic mass is 35.5. The van der Waals surface area contributed by atoms with Crippen LogP contribution < -0.4 is 15.4 Å². The van der Waals surface area contributed by atoms with E-state index >= 15 is 0 Å². The fourth-order valence-corrected chi connectivity index (χ4v) is 4.50. The van der Waals surface area contributed by atoms with Gasteiger partial charge in [0.25, 0.3) is 5.91 Å². The molecule has 0 saturated carbocycles. The van der Waals surface area contributed by atoms with Crippen molar-refractivity contribution in [1.82, 2.24) is 0 Å². The second kappa shape index (κ2) is 8.78. The van der Waals surface area contributed by atoms with E-state index in [2.05, 4.69) is 0 Å². The summed E-state index contributed by atoms with van der Waals surface area (Å²) in [4.78, 5) is 26.4. The Labute approximate surface area is 181 Å². The van der Waals surface area contributed by atoms with E-state index in [0.29, 0.717) is 27.9 Å². The number of amides is 2. The second-order valence-corrected chi connectivity index (χ2v) is 8.10. The van der Waals surface area contributed by atoms with Gasteiger partial charge in [-0.1, -0.05) is 47.1 Å². The number of hydrogen-bond acceptors (Lipinski definition) is 5. The van der Waals surface area contributed by atoms with Crippen LogP contribution >= 0.6 is 35.0 Å². The van der Waals surface area contributed by atoms with Crippen LogP contribution in [0.2, 0.25) is 10.0 Å². The van der Waals surface area contributed by atoms with Gasteiger partial charge in [-0.05, 0) is 36.2 Å². The van der Waals surface area contributed by atoms with Crippen molar-refractivity contribution in [1.29, 1.82) is 5.26 Å². The third kappa shape index (κ3) is 4.35. The lowest BCUT2D eigenvalue weighted by molar-refractivity contribution is -0.117. The molecule has 1 heterocycles. The van der Waals surface area contributed by atoms with Crippen LogP contribution in [0.5, 0.6) is 5.75 Å². The van der Waals surface area contributed by atoms with E-state index < -0.39 is 11.2 Å². The molecule has 9 heteroatoms. The van der Waals surface area contributed by atoms with Crippen LogP contribution in [0, 0.1) is 11.3 Å². The molecule has 1 aliphatic heterocycles. The lowest BCUT2D eigenvalue weighted by Gasteiger charge is -2.19. The normalized spacial score (nSPS) is 17.8. The first kappa shape index (κ1) is 21.1.